The van der Waals surface area contributed by atoms with Gasteiger partial charge in [0.2, 0.25) is 13.1 Å². The fourth-order valence-electron chi connectivity index (χ4n) is 9.95. The van der Waals surface area contributed by atoms with Gasteiger partial charge < -0.3 is 9.80 Å². The molecule has 0 aliphatic carbocycles. The van der Waals surface area contributed by atoms with E-state index in [0.29, 0.717) is 46.7 Å². The van der Waals surface area contributed by atoms with Gasteiger partial charge in [-0.3, -0.25) is 59.0 Å². The molecule has 340 valence electrons. The van der Waals surface area contributed by atoms with Crippen molar-refractivity contribution in [3.05, 3.63) is 269 Å². The van der Waals surface area contributed by atoms with E-state index < -0.39 is 45.8 Å². The molecule has 68 heavy (non-hydrogen) atoms. The van der Waals surface area contributed by atoms with Crippen LogP contribution in [0.5, 0.6) is 0 Å². The number of benzene rings is 6. The molecule has 16 nitrogen and oxygen atoms in total. The third-order valence-electron chi connectivity index (χ3n) is 12.8. The van der Waals surface area contributed by atoms with Gasteiger partial charge in [0.15, 0.2) is 11.1 Å². The van der Waals surface area contributed by atoms with Crippen LogP contribution in [0.25, 0.3) is 0 Å². The lowest BCUT2D eigenvalue weighted by Gasteiger charge is -2.36. The van der Waals surface area contributed by atoms with Crippen LogP contribution in [0.1, 0.15) is 45.2 Å². The maximum atomic E-state index is 14.5. The molecule has 2 N–H and O–H groups in total. The van der Waals surface area contributed by atoms with E-state index in [2.05, 4.69) is 10.2 Å². The van der Waals surface area contributed by atoms with E-state index in [0.717, 1.165) is 11.1 Å². The van der Waals surface area contributed by atoms with Gasteiger partial charge in [-0.25, -0.2) is 0 Å². The lowest BCUT2D eigenvalue weighted by atomic mass is 9.75. The number of nitro groups is 2. The minimum absolute atomic E-state index is 0.296. The number of rotatable bonds is 14. The average Bonchev–Trinajstić information content (AvgIpc) is 4.11. The Bertz CT molecular complexity index is 3010. The van der Waals surface area contributed by atoms with Crippen molar-refractivity contribution >= 4 is 23.2 Å². The van der Waals surface area contributed by atoms with Crippen LogP contribution < -0.4 is 20.9 Å². The van der Waals surface area contributed by atoms with E-state index in [-0.39, 0.29) is 22.9 Å². The number of nitrogens with one attached hydrogen (secondary N) is 2. The maximum Gasteiger partial charge on any atom is 0.264 e. The van der Waals surface area contributed by atoms with Crippen LogP contribution in [-0.2, 0) is 33.8 Å². The van der Waals surface area contributed by atoms with Crippen LogP contribution in [0.2, 0.25) is 0 Å². The Balaban J connectivity index is 0.000000170. The first-order valence-electron chi connectivity index (χ1n) is 21.8. The van der Waals surface area contributed by atoms with Crippen molar-refractivity contribution in [3.63, 3.8) is 0 Å². The van der Waals surface area contributed by atoms with Crippen molar-refractivity contribution in [2.45, 2.75) is 36.0 Å². The Labute approximate surface area is 388 Å². The summed E-state index contributed by atoms with van der Waals surface area (Å²) in [6.45, 7) is -0.402. The first-order valence-corrected chi connectivity index (χ1v) is 21.8. The summed E-state index contributed by atoms with van der Waals surface area (Å²) < 4.78 is 2.89. The number of aromatic nitrogens is 4. The molecule has 0 radical (unpaired) electrons. The Morgan fingerprint density at radius 1 is 0.441 bits per heavy atom. The standard InChI is InChI=1S/2C26H22N4O4/c2*31-24-15-16-29(27-24)26(22(18-30(33)34)20-11-5-2-6-12-20)21-13-7-8-14-23(21)28(25(26)32)17-19-9-3-1-4-10-19/h2*1-16,22H,17-18H2,(H,27,31)/t2*22-,26+/m11/s1. The number of carbonyl (C=O) groups is 2. The summed E-state index contributed by atoms with van der Waals surface area (Å²) in [5.74, 6) is -2.41. The Kier molecular flexibility index (Phi) is 12.1. The highest BCUT2D eigenvalue weighted by Gasteiger charge is 2.61. The Morgan fingerprint density at radius 3 is 1.09 bits per heavy atom. The van der Waals surface area contributed by atoms with E-state index in [4.69, 9.17) is 0 Å². The number of hydrogen-bond donors (Lipinski definition) is 2. The highest BCUT2D eigenvalue weighted by molar-refractivity contribution is 6.09. The summed E-state index contributed by atoms with van der Waals surface area (Å²) in [6, 6.07) is 54.3. The molecular formula is C52H44N8O8. The zero-order chi connectivity index (χ0) is 47.4. The van der Waals surface area contributed by atoms with Crippen LogP contribution in [0.4, 0.5) is 11.4 Å². The normalized spacial score (nSPS) is 18.0. The van der Waals surface area contributed by atoms with Crippen LogP contribution >= 0.6 is 0 Å². The number of anilines is 2. The molecule has 2 aliphatic rings. The molecule has 2 aromatic heterocycles. The largest absolute Gasteiger partial charge is 0.305 e. The molecule has 4 atom stereocenters. The first-order chi connectivity index (χ1) is 33.0. The van der Waals surface area contributed by atoms with Crippen molar-refractivity contribution in [1.29, 1.82) is 0 Å². The number of H-pyrrole nitrogens is 2. The number of fused-ring (bicyclic) bond motifs is 2. The van der Waals surface area contributed by atoms with Gasteiger partial charge in [0, 0.05) is 45.5 Å². The highest BCUT2D eigenvalue weighted by Crippen LogP contribution is 2.52. The second-order valence-electron chi connectivity index (χ2n) is 16.6. The predicted molar refractivity (Wildman–Crippen MR) is 254 cm³/mol. The van der Waals surface area contributed by atoms with Gasteiger partial charge in [-0.05, 0) is 34.4 Å². The molecule has 0 saturated heterocycles. The summed E-state index contributed by atoms with van der Waals surface area (Å²) in [6.07, 6.45) is 3.00. The Hall–Kier alpha value is -8.92. The van der Waals surface area contributed by atoms with Gasteiger partial charge in [-0.1, -0.05) is 158 Å². The molecule has 0 saturated carbocycles. The number of para-hydroxylation sites is 2. The molecular weight excluding hydrogens is 865 g/mol. The van der Waals surface area contributed by atoms with Crippen LogP contribution in [0.3, 0.4) is 0 Å². The maximum absolute atomic E-state index is 14.5. The lowest BCUT2D eigenvalue weighted by molar-refractivity contribution is -0.485. The van der Waals surface area contributed by atoms with E-state index in [9.17, 15) is 39.4 Å². The summed E-state index contributed by atoms with van der Waals surface area (Å²) in [5.41, 5.74) is 1.81. The quantitative estimate of drug-likeness (QED) is 0.0853. The average molecular weight is 909 g/mol. The molecule has 6 aromatic carbocycles. The minimum Gasteiger partial charge on any atom is -0.305 e. The molecule has 4 heterocycles. The summed E-state index contributed by atoms with van der Waals surface area (Å²) in [7, 11) is 0. The second-order valence-corrected chi connectivity index (χ2v) is 16.6. The van der Waals surface area contributed by atoms with Crippen molar-refractivity contribution in [2.24, 2.45) is 0 Å². The number of nitrogens with zero attached hydrogens (tertiary/aromatic N) is 6. The molecule has 0 bridgehead atoms. The van der Waals surface area contributed by atoms with Crippen molar-refractivity contribution in [1.82, 2.24) is 19.6 Å². The zero-order valence-electron chi connectivity index (χ0n) is 36.4. The molecule has 0 spiro atoms. The van der Waals surface area contributed by atoms with Gasteiger partial charge in [-0.15, -0.1) is 0 Å². The van der Waals surface area contributed by atoms with Crippen LogP contribution in [-0.4, -0.2) is 54.3 Å². The van der Waals surface area contributed by atoms with E-state index in [1.54, 1.807) is 58.3 Å². The second kappa shape index (κ2) is 18.5. The van der Waals surface area contributed by atoms with Crippen molar-refractivity contribution in [2.75, 3.05) is 22.9 Å². The van der Waals surface area contributed by atoms with Crippen LogP contribution in [0, 0.1) is 20.2 Å². The van der Waals surface area contributed by atoms with E-state index in [1.807, 2.05) is 121 Å². The fraction of sp³-hybridized carbons (Fsp3) is 0.154. The number of hydrogen-bond acceptors (Lipinski definition) is 8. The molecule has 0 fully saturated rings. The number of amides is 2. The topological polar surface area (TPSA) is 202 Å². The number of carbonyl (C=O) groups excluding carboxylic acids is 2. The van der Waals surface area contributed by atoms with Gasteiger partial charge in [0.25, 0.3) is 22.9 Å². The third kappa shape index (κ3) is 7.86. The predicted octanol–water partition coefficient (Wildman–Crippen LogP) is 7.05. The minimum atomic E-state index is -1.54. The van der Waals surface area contributed by atoms with Crippen LogP contribution in [0.15, 0.2) is 204 Å². The smallest absolute Gasteiger partial charge is 0.264 e. The van der Waals surface area contributed by atoms with Gasteiger partial charge in [-0.2, -0.15) is 0 Å². The van der Waals surface area contributed by atoms with E-state index in [1.165, 1.54) is 33.9 Å². The molecule has 16 heteroatoms. The summed E-state index contributed by atoms with van der Waals surface area (Å²) >= 11 is 0. The zero-order valence-corrected chi connectivity index (χ0v) is 36.4. The Morgan fingerprint density at radius 2 is 0.765 bits per heavy atom. The molecule has 0 unspecified atom stereocenters. The lowest BCUT2D eigenvalue weighted by Crippen LogP contribution is -2.52. The van der Waals surface area contributed by atoms with Gasteiger partial charge in [0.05, 0.1) is 36.3 Å². The molecule has 2 aliphatic heterocycles. The third-order valence-corrected chi connectivity index (χ3v) is 12.8. The molecule has 8 aromatic rings. The SMILES string of the molecule is O=C1N(Cc2ccccc2)c2ccccc2[C@@]1([C@H](C[N+](=O)[O-])c1ccccc1)n1ccc(=O)[nH]1.O=C1N(Cc2ccccc2)c2ccccc2[C@@]1([C@H](C[N+](=O)[O-])c1ccccc1)n1ccc(=O)[nH]1. The van der Waals surface area contributed by atoms with Gasteiger partial charge in [0.1, 0.15) is 0 Å². The number of aromatic amines is 2. The monoisotopic (exact) mass is 908 g/mol. The summed E-state index contributed by atoms with van der Waals surface area (Å²) in [5, 5.41) is 29.3. The first kappa shape index (κ1) is 44.3. The van der Waals surface area contributed by atoms with Crippen molar-refractivity contribution in [3.8, 4) is 0 Å². The fourth-order valence-corrected chi connectivity index (χ4v) is 9.95. The van der Waals surface area contributed by atoms with Crippen molar-refractivity contribution < 1.29 is 19.4 Å². The van der Waals surface area contributed by atoms with Gasteiger partial charge >= 0.3 is 0 Å². The molecule has 10 rings (SSSR count). The molecule has 2 amide bonds. The van der Waals surface area contributed by atoms with E-state index >= 15 is 0 Å². The summed E-state index contributed by atoms with van der Waals surface area (Å²) in [4.78, 5) is 79.7. The highest BCUT2D eigenvalue weighted by atomic mass is 16.6.